The molecule has 1 aromatic heterocycles. The molecular formula is C11H8BrN3OS. The Kier molecular flexibility index (Phi) is 3.65. The second-order valence-electron chi connectivity index (χ2n) is 3.11. The van der Waals surface area contributed by atoms with Crippen molar-refractivity contribution in [1.82, 2.24) is 9.97 Å². The zero-order valence-corrected chi connectivity index (χ0v) is 11.0. The van der Waals surface area contributed by atoms with Gasteiger partial charge in [-0.05, 0) is 28.1 Å². The van der Waals surface area contributed by atoms with Gasteiger partial charge in [-0.1, -0.05) is 24.4 Å². The molecule has 1 heterocycles. The van der Waals surface area contributed by atoms with E-state index in [-0.39, 0.29) is 4.99 Å². The van der Waals surface area contributed by atoms with E-state index in [1.807, 2.05) is 24.3 Å². The predicted molar refractivity (Wildman–Crippen MR) is 72.1 cm³/mol. The van der Waals surface area contributed by atoms with E-state index in [4.69, 9.17) is 22.7 Å². The van der Waals surface area contributed by atoms with Crippen molar-refractivity contribution < 1.29 is 4.74 Å². The monoisotopic (exact) mass is 309 g/mol. The summed E-state index contributed by atoms with van der Waals surface area (Å²) in [5.41, 5.74) is 5.92. The predicted octanol–water partition coefficient (Wildman–Crippen LogP) is 2.67. The Morgan fingerprint density at radius 2 is 1.94 bits per heavy atom. The minimum atomic E-state index is 0.153. The first-order chi connectivity index (χ1) is 8.18. The van der Waals surface area contributed by atoms with Gasteiger partial charge in [0.2, 0.25) is 5.88 Å². The minimum Gasteiger partial charge on any atom is -0.436 e. The lowest BCUT2D eigenvalue weighted by Crippen LogP contribution is -2.13. The van der Waals surface area contributed by atoms with E-state index in [0.29, 0.717) is 17.3 Å². The van der Waals surface area contributed by atoms with E-state index in [1.54, 1.807) is 0 Å². The number of hydrogen-bond acceptors (Lipinski definition) is 4. The highest BCUT2D eigenvalue weighted by molar-refractivity contribution is 9.10. The molecule has 0 fully saturated rings. The maximum atomic E-state index is 5.61. The highest BCUT2D eigenvalue weighted by Gasteiger charge is 2.11. The van der Waals surface area contributed by atoms with E-state index in [1.165, 1.54) is 12.4 Å². The van der Waals surface area contributed by atoms with Crippen molar-refractivity contribution in [1.29, 1.82) is 0 Å². The van der Waals surface area contributed by atoms with Crippen molar-refractivity contribution in [3.8, 4) is 11.6 Å². The van der Waals surface area contributed by atoms with Gasteiger partial charge in [0.1, 0.15) is 10.7 Å². The van der Waals surface area contributed by atoms with E-state index < -0.39 is 0 Å². The SMILES string of the molecule is NC(=S)c1nccnc1Oc1ccccc1Br. The molecule has 0 radical (unpaired) electrons. The Morgan fingerprint density at radius 1 is 1.24 bits per heavy atom. The molecule has 0 unspecified atom stereocenters. The topological polar surface area (TPSA) is 61.0 Å². The number of nitrogens with zero attached hydrogens (tertiary/aromatic N) is 2. The highest BCUT2D eigenvalue weighted by atomic mass is 79.9. The lowest BCUT2D eigenvalue weighted by Gasteiger charge is -2.08. The first-order valence-corrected chi connectivity index (χ1v) is 5.92. The summed E-state index contributed by atoms with van der Waals surface area (Å²) < 4.78 is 6.43. The number of para-hydroxylation sites is 1. The molecule has 0 saturated heterocycles. The second-order valence-corrected chi connectivity index (χ2v) is 4.40. The summed E-state index contributed by atoms with van der Waals surface area (Å²) in [5, 5.41) is 0. The van der Waals surface area contributed by atoms with Gasteiger partial charge in [-0.15, -0.1) is 0 Å². The third kappa shape index (κ3) is 2.78. The molecule has 2 N–H and O–H groups in total. The zero-order valence-electron chi connectivity index (χ0n) is 8.63. The summed E-state index contributed by atoms with van der Waals surface area (Å²) in [7, 11) is 0. The average Bonchev–Trinajstić information content (AvgIpc) is 2.32. The fourth-order valence-electron chi connectivity index (χ4n) is 1.20. The van der Waals surface area contributed by atoms with Crippen LogP contribution in [0.5, 0.6) is 11.6 Å². The second kappa shape index (κ2) is 5.20. The Bertz CT molecular complexity index is 562. The highest BCUT2D eigenvalue weighted by Crippen LogP contribution is 2.29. The van der Waals surface area contributed by atoms with Crippen LogP contribution in [0.3, 0.4) is 0 Å². The number of aromatic nitrogens is 2. The number of ether oxygens (including phenoxy) is 1. The maximum Gasteiger partial charge on any atom is 0.248 e. The van der Waals surface area contributed by atoms with Crippen LogP contribution in [0.15, 0.2) is 41.1 Å². The summed E-state index contributed by atoms with van der Waals surface area (Å²) >= 11 is 8.26. The Morgan fingerprint density at radius 3 is 2.65 bits per heavy atom. The van der Waals surface area contributed by atoms with Crippen LogP contribution in [-0.2, 0) is 0 Å². The number of benzene rings is 1. The molecule has 86 valence electrons. The van der Waals surface area contributed by atoms with Crippen LogP contribution in [0.4, 0.5) is 0 Å². The van der Waals surface area contributed by atoms with Crippen LogP contribution in [0.1, 0.15) is 5.69 Å². The van der Waals surface area contributed by atoms with Crippen molar-refractivity contribution in [3.63, 3.8) is 0 Å². The Hall–Kier alpha value is -1.53. The molecular weight excluding hydrogens is 302 g/mol. The van der Waals surface area contributed by atoms with Gasteiger partial charge in [0.05, 0.1) is 4.47 Å². The summed E-state index contributed by atoms with van der Waals surface area (Å²) in [6.45, 7) is 0. The van der Waals surface area contributed by atoms with E-state index >= 15 is 0 Å². The van der Waals surface area contributed by atoms with Crippen molar-refractivity contribution in [2.24, 2.45) is 5.73 Å². The van der Waals surface area contributed by atoms with Gasteiger partial charge in [0.15, 0.2) is 5.69 Å². The van der Waals surface area contributed by atoms with Crippen LogP contribution in [0.2, 0.25) is 0 Å². The van der Waals surface area contributed by atoms with Crippen LogP contribution in [-0.4, -0.2) is 15.0 Å². The third-order valence-electron chi connectivity index (χ3n) is 1.94. The van der Waals surface area contributed by atoms with Crippen molar-refractivity contribution >= 4 is 33.1 Å². The van der Waals surface area contributed by atoms with Gasteiger partial charge < -0.3 is 10.5 Å². The number of nitrogens with two attached hydrogens (primary N) is 1. The van der Waals surface area contributed by atoms with Gasteiger partial charge >= 0.3 is 0 Å². The van der Waals surface area contributed by atoms with Crippen LogP contribution >= 0.6 is 28.1 Å². The fourth-order valence-corrected chi connectivity index (χ4v) is 1.71. The van der Waals surface area contributed by atoms with Crippen LogP contribution in [0.25, 0.3) is 0 Å². The number of rotatable bonds is 3. The molecule has 0 saturated carbocycles. The molecule has 0 atom stereocenters. The number of hydrogen-bond donors (Lipinski definition) is 1. The first kappa shape index (κ1) is 11.9. The first-order valence-electron chi connectivity index (χ1n) is 4.71. The molecule has 17 heavy (non-hydrogen) atoms. The molecule has 4 nitrogen and oxygen atoms in total. The molecule has 0 spiro atoms. The lowest BCUT2D eigenvalue weighted by atomic mass is 10.3. The van der Waals surface area contributed by atoms with E-state index in [0.717, 1.165) is 4.47 Å². The molecule has 2 aromatic rings. The van der Waals surface area contributed by atoms with Crippen molar-refractivity contribution in [2.45, 2.75) is 0 Å². The minimum absolute atomic E-state index is 0.153. The summed E-state index contributed by atoms with van der Waals surface area (Å²) in [4.78, 5) is 8.25. The Balaban J connectivity index is 2.37. The molecule has 6 heteroatoms. The Labute approximate surface area is 112 Å². The molecule has 0 amide bonds. The normalized spacial score (nSPS) is 9.94. The van der Waals surface area contributed by atoms with Gasteiger partial charge in [-0.25, -0.2) is 9.97 Å². The summed E-state index contributed by atoms with van der Waals surface area (Å²) in [6.07, 6.45) is 3.04. The number of thiocarbonyl (C=S) groups is 1. The van der Waals surface area contributed by atoms with Crippen molar-refractivity contribution in [3.05, 3.63) is 46.8 Å². The van der Waals surface area contributed by atoms with Crippen LogP contribution < -0.4 is 10.5 Å². The lowest BCUT2D eigenvalue weighted by molar-refractivity contribution is 0.456. The quantitative estimate of drug-likeness (QED) is 0.883. The summed E-state index contributed by atoms with van der Waals surface area (Å²) in [5.74, 6) is 0.928. The van der Waals surface area contributed by atoms with Gasteiger partial charge in [0, 0.05) is 12.4 Å². The number of halogens is 1. The van der Waals surface area contributed by atoms with Gasteiger partial charge in [0.25, 0.3) is 0 Å². The van der Waals surface area contributed by atoms with Gasteiger partial charge in [-0.2, -0.15) is 0 Å². The molecule has 0 aliphatic carbocycles. The molecule has 0 aliphatic rings. The third-order valence-corrected chi connectivity index (χ3v) is 2.79. The van der Waals surface area contributed by atoms with E-state index in [9.17, 15) is 0 Å². The fraction of sp³-hybridized carbons (Fsp3) is 0. The largest absolute Gasteiger partial charge is 0.436 e. The zero-order chi connectivity index (χ0) is 12.3. The molecule has 0 bridgehead atoms. The van der Waals surface area contributed by atoms with Crippen LogP contribution in [0, 0.1) is 0 Å². The standard InChI is InChI=1S/C11H8BrN3OS/c12-7-3-1-2-4-8(7)16-11-9(10(13)17)14-5-6-15-11/h1-6H,(H2,13,17). The molecule has 1 aromatic carbocycles. The molecule has 2 rings (SSSR count). The van der Waals surface area contributed by atoms with E-state index in [2.05, 4.69) is 25.9 Å². The van der Waals surface area contributed by atoms with Crippen molar-refractivity contribution in [2.75, 3.05) is 0 Å². The smallest absolute Gasteiger partial charge is 0.248 e. The van der Waals surface area contributed by atoms with Gasteiger partial charge in [-0.3, -0.25) is 0 Å². The molecule has 0 aliphatic heterocycles. The summed E-state index contributed by atoms with van der Waals surface area (Å²) in [6, 6.07) is 7.42. The average molecular weight is 310 g/mol. The maximum absolute atomic E-state index is 5.61.